The molecule has 0 aromatic heterocycles. The average Bonchev–Trinajstić information content (AvgIpc) is 2.42. The maximum Gasteiger partial charge on any atom is 0.223 e. The highest BCUT2D eigenvalue weighted by atomic mass is 16.1. The Hall–Kier alpha value is -0.570. The lowest BCUT2D eigenvalue weighted by atomic mass is 9.82. The molecular formula is C18H34N2O. The fourth-order valence-electron chi connectivity index (χ4n) is 4.18. The zero-order valence-corrected chi connectivity index (χ0v) is 13.8. The highest BCUT2D eigenvalue weighted by Gasteiger charge is 2.24. The quantitative estimate of drug-likeness (QED) is 0.829. The first-order chi connectivity index (χ1) is 10.1. The van der Waals surface area contributed by atoms with E-state index in [1.54, 1.807) is 0 Å². The summed E-state index contributed by atoms with van der Waals surface area (Å²) in [6.45, 7) is 2.11. The summed E-state index contributed by atoms with van der Waals surface area (Å²) in [5, 5.41) is 3.32. The molecule has 2 saturated carbocycles. The van der Waals surface area contributed by atoms with Crippen molar-refractivity contribution in [3.63, 3.8) is 0 Å². The van der Waals surface area contributed by atoms with Gasteiger partial charge in [-0.25, -0.2) is 0 Å². The number of carbonyl (C=O) groups excluding carboxylic acids is 1. The Morgan fingerprint density at radius 3 is 2.19 bits per heavy atom. The summed E-state index contributed by atoms with van der Waals surface area (Å²) in [5.74, 6) is 1.39. The third-order valence-electron chi connectivity index (χ3n) is 5.36. The normalized spacial score (nSPS) is 30.2. The van der Waals surface area contributed by atoms with E-state index in [0.29, 0.717) is 18.0 Å². The molecule has 0 spiro atoms. The second-order valence-electron chi connectivity index (χ2n) is 7.48. The van der Waals surface area contributed by atoms with Gasteiger partial charge in [-0.15, -0.1) is 0 Å². The van der Waals surface area contributed by atoms with Crippen molar-refractivity contribution < 1.29 is 4.79 Å². The second-order valence-corrected chi connectivity index (χ2v) is 7.48. The Bertz CT molecular complexity index is 300. The van der Waals surface area contributed by atoms with E-state index in [-0.39, 0.29) is 5.92 Å². The number of hydrogen-bond donors (Lipinski definition) is 2. The van der Waals surface area contributed by atoms with E-state index < -0.39 is 0 Å². The zero-order chi connectivity index (χ0) is 15.1. The van der Waals surface area contributed by atoms with Crippen LogP contribution in [0.1, 0.15) is 84.0 Å². The SMILES string of the molecule is CC(N)CC1CCCC(C(=O)NC2CCCCC2)CCC1. The van der Waals surface area contributed by atoms with E-state index in [1.807, 2.05) is 0 Å². The molecule has 21 heavy (non-hydrogen) atoms. The number of nitrogens with two attached hydrogens (primary N) is 1. The summed E-state index contributed by atoms with van der Waals surface area (Å²) in [5.41, 5.74) is 5.93. The van der Waals surface area contributed by atoms with Gasteiger partial charge in [-0.1, -0.05) is 44.9 Å². The van der Waals surface area contributed by atoms with Gasteiger partial charge in [0.2, 0.25) is 5.91 Å². The standard InChI is InChI=1S/C18H34N2O/c1-14(19)13-15-7-5-9-16(10-6-8-15)18(21)20-17-11-3-2-4-12-17/h14-17H,2-13,19H2,1H3,(H,20,21). The summed E-state index contributed by atoms with van der Waals surface area (Å²) >= 11 is 0. The smallest absolute Gasteiger partial charge is 0.223 e. The van der Waals surface area contributed by atoms with Crippen LogP contribution < -0.4 is 11.1 Å². The summed E-state index contributed by atoms with van der Waals surface area (Å²) < 4.78 is 0. The van der Waals surface area contributed by atoms with Crippen molar-refractivity contribution in [2.75, 3.05) is 0 Å². The van der Waals surface area contributed by atoms with Crippen LogP contribution in [0.2, 0.25) is 0 Å². The fraction of sp³-hybridized carbons (Fsp3) is 0.944. The monoisotopic (exact) mass is 294 g/mol. The van der Waals surface area contributed by atoms with Gasteiger partial charge in [0.25, 0.3) is 0 Å². The topological polar surface area (TPSA) is 55.1 Å². The Kier molecular flexibility index (Phi) is 7.01. The summed E-state index contributed by atoms with van der Waals surface area (Å²) in [6.07, 6.45) is 14.5. The molecule has 122 valence electrons. The third-order valence-corrected chi connectivity index (χ3v) is 5.36. The van der Waals surface area contributed by atoms with Gasteiger partial charge in [0.15, 0.2) is 0 Å². The van der Waals surface area contributed by atoms with E-state index in [2.05, 4.69) is 12.2 Å². The lowest BCUT2D eigenvalue weighted by molar-refractivity contribution is -0.126. The number of carbonyl (C=O) groups is 1. The molecule has 0 heterocycles. The van der Waals surface area contributed by atoms with Crippen LogP contribution >= 0.6 is 0 Å². The van der Waals surface area contributed by atoms with E-state index in [4.69, 9.17) is 5.73 Å². The van der Waals surface area contributed by atoms with Crippen LogP contribution in [0.15, 0.2) is 0 Å². The molecule has 3 N–H and O–H groups in total. The molecule has 2 aliphatic carbocycles. The maximum absolute atomic E-state index is 12.5. The third kappa shape index (κ3) is 5.98. The number of amides is 1. The highest BCUT2D eigenvalue weighted by molar-refractivity contribution is 5.78. The minimum Gasteiger partial charge on any atom is -0.353 e. The van der Waals surface area contributed by atoms with Crippen molar-refractivity contribution in [2.45, 2.75) is 96.1 Å². The Balaban J connectivity index is 1.73. The first-order valence-corrected chi connectivity index (χ1v) is 9.21. The lowest BCUT2D eigenvalue weighted by Crippen LogP contribution is -2.40. The van der Waals surface area contributed by atoms with Gasteiger partial charge in [-0.3, -0.25) is 4.79 Å². The molecule has 0 aromatic rings. The molecule has 0 radical (unpaired) electrons. The number of hydrogen-bond acceptors (Lipinski definition) is 2. The summed E-state index contributed by atoms with van der Waals surface area (Å²) in [4.78, 5) is 12.5. The van der Waals surface area contributed by atoms with Gasteiger partial charge in [-0.05, 0) is 44.9 Å². The largest absolute Gasteiger partial charge is 0.353 e. The van der Waals surface area contributed by atoms with Crippen LogP contribution in [0.4, 0.5) is 0 Å². The number of nitrogens with one attached hydrogen (secondary N) is 1. The first kappa shape index (κ1) is 16.8. The van der Waals surface area contributed by atoms with Crippen molar-refractivity contribution in [3.8, 4) is 0 Å². The molecule has 1 amide bonds. The molecule has 0 aromatic carbocycles. The van der Waals surface area contributed by atoms with Crippen molar-refractivity contribution in [1.82, 2.24) is 5.32 Å². The molecule has 1 unspecified atom stereocenters. The van der Waals surface area contributed by atoms with Crippen LogP contribution in [0.3, 0.4) is 0 Å². The van der Waals surface area contributed by atoms with E-state index >= 15 is 0 Å². The molecule has 0 saturated heterocycles. The predicted molar refractivity (Wildman–Crippen MR) is 88.0 cm³/mol. The van der Waals surface area contributed by atoms with Crippen LogP contribution in [-0.4, -0.2) is 18.0 Å². The molecule has 0 aliphatic heterocycles. The molecule has 1 atom stereocenters. The van der Waals surface area contributed by atoms with Gasteiger partial charge in [0.1, 0.15) is 0 Å². The maximum atomic E-state index is 12.5. The van der Waals surface area contributed by atoms with Crippen LogP contribution in [-0.2, 0) is 4.79 Å². The zero-order valence-electron chi connectivity index (χ0n) is 13.8. The minimum absolute atomic E-state index is 0.267. The average molecular weight is 294 g/mol. The summed E-state index contributed by atoms with van der Waals surface area (Å²) in [7, 11) is 0. The van der Waals surface area contributed by atoms with Gasteiger partial charge in [0.05, 0.1) is 0 Å². The molecular weight excluding hydrogens is 260 g/mol. The first-order valence-electron chi connectivity index (χ1n) is 9.21. The van der Waals surface area contributed by atoms with Gasteiger partial charge >= 0.3 is 0 Å². The van der Waals surface area contributed by atoms with E-state index in [1.165, 1.54) is 57.8 Å². The van der Waals surface area contributed by atoms with Gasteiger partial charge in [-0.2, -0.15) is 0 Å². The van der Waals surface area contributed by atoms with Crippen LogP contribution in [0.25, 0.3) is 0 Å². The van der Waals surface area contributed by atoms with Crippen molar-refractivity contribution in [3.05, 3.63) is 0 Å². The van der Waals surface area contributed by atoms with Crippen molar-refractivity contribution in [2.24, 2.45) is 17.6 Å². The Labute approximate surface area is 130 Å². The van der Waals surface area contributed by atoms with Crippen molar-refractivity contribution in [1.29, 1.82) is 0 Å². The van der Waals surface area contributed by atoms with Crippen LogP contribution in [0, 0.1) is 11.8 Å². The predicted octanol–water partition coefficient (Wildman–Crippen LogP) is 3.76. The molecule has 3 nitrogen and oxygen atoms in total. The Morgan fingerprint density at radius 2 is 1.62 bits per heavy atom. The summed E-state index contributed by atoms with van der Waals surface area (Å²) in [6, 6.07) is 0.780. The molecule has 2 fully saturated rings. The lowest BCUT2D eigenvalue weighted by Gasteiger charge is -2.28. The fourth-order valence-corrected chi connectivity index (χ4v) is 4.18. The van der Waals surface area contributed by atoms with Crippen molar-refractivity contribution >= 4 is 5.91 Å². The molecule has 3 heteroatoms. The van der Waals surface area contributed by atoms with Gasteiger partial charge < -0.3 is 11.1 Å². The van der Waals surface area contributed by atoms with E-state index in [9.17, 15) is 4.79 Å². The molecule has 2 rings (SSSR count). The highest BCUT2D eigenvalue weighted by Crippen LogP contribution is 2.29. The van der Waals surface area contributed by atoms with Gasteiger partial charge in [0, 0.05) is 18.0 Å². The number of rotatable bonds is 4. The van der Waals surface area contributed by atoms with E-state index in [0.717, 1.165) is 25.2 Å². The Morgan fingerprint density at radius 1 is 1.00 bits per heavy atom. The second kappa shape index (κ2) is 8.77. The molecule has 2 aliphatic rings. The molecule has 0 bridgehead atoms. The minimum atomic E-state index is 0.267. The van der Waals surface area contributed by atoms with Crippen LogP contribution in [0.5, 0.6) is 0 Å².